The second kappa shape index (κ2) is 5.03. The second-order valence-corrected chi connectivity index (χ2v) is 3.78. The first kappa shape index (κ1) is 13.3. The minimum atomic E-state index is -4.49. The highest BCUT2D eigenvalue weighted by atomic mass is 35.5. The molecule has 0 fully saturated rings. The van der Waals surface area contributed by atoms with Crippen LogP contribution in [0.2, 0.25) is 5.02 Å². The highest BCUT2D eigenvalue weighted by Crippen LogP contribution is 2.36. The monoisotopic (exact) mass is 253 g/mol. The van der Waals surface area contributed by atoms with Gasteiger partial charge in [0.05, 0.1) is 5.56 Å². The van der Waals surface area contributed by atoms with Crippen LogP contribution in [0, 0.1) is 0 Å². The molecular weight excluding hydrogens is 243 g/mol. The number of aliphatic hydroxyl groups is 1. The van der Waals surface area contributed by atoms with Crippen molar-refractivity contribution in [3.8, 4) is 0 Å². The molecule has 0 heterocycles. The molecule has 0 radical (unpaired) electrons. The Kier molecular flexibility index (Phi) is 4.18. The van der Waals surface area contributed by atoms with E-state index in [1.807, 2.05) is 0 Å². The Morgan fingerprint density at radius 1 is 1.38 bits per heavy atom. The molecule has 3 N–H and O–H groups in total. The van der Waals surface area contributed by atoms with Gasteiger partial charge in [0.1, 0.15) is 0 Å². The van der Waals surface area contributed by atoms with E-state index in [0.717, 1.165) is 6.07 Å². The van der Waals surface area contributed by atoms with Gasteiger partial charge in [-0.25, -0.2) is 0 Å². The molecule has 1 rings (SSSR count). The number of aliphatic hydroxyl groups excluding tert-OH is 1. The lowest BCUT2D eigenvalue weighted by molar-refractivity contribution is -0.138. The average Bonchev–Trinajstić information content (AvgIpc) is 2.16. The Hall–Kier alpha value is -0.780. The molecule has 1 atom stereocenters. The predicted molar refractivity (Wildman–Crippen MR) is 55.1 cm³/mol. The van der Waals surface area contributed by atoms with Crippen molar-refractivity contribution in [3.63, 3.8) is 0 Å². The molecule has 1 unspecified atom stereocenters. The maximum atomic E-state index is 12.7. The number of rotatable bonds is 3. The number of hydrogen-bond donors (Lipinski definition) is 2. The highest BCUT2D eigenvalue weighted by Gasteiger charge is 2.34. The fourth-order valence-corrected chi connectivity index (χ4v) is 1.56. The van der Waals surface area contributed by atoms with E-state index in [1.54, 1.807) is 0 Å². The topological polar surface area (TPSA) is 46.2 Å². The summed E-state index contributed by atoms with van der Waals surface area (Å²) in [4.78, 5) is 0. The largest absolute Gasteiger partial charge is 0.416 e. The van der Waals surface area contributed by atoms with Crippen molar-refractivity contribution in [3.05, 3.63) is 34.3 Å². The first-order chi connectivity index (χ1) is 7.36. The predicted octanol–water partition coefficient (Wildman–Crippen LogP) is 2.74. The van der Waals surface area contributed by atoms with Crippen molar-refractivity contribution >= 4 is 11.6 Å². The maximum absolute atomic E-state index is 12.7. The highest BCUT2D eigenvalue weighted by molar-refractivity contribution is 6.30. The van der Waals surface area contributed by atoms with Gasteiger partial charge < -0.3 is 10.8 Å². The summed E-state index contributed by atoms with van der Waals surface area (Å²) in [5.74, 6) is 0. The molecule has 0 saturated carbocycles. The fourth-order valence-electron chi connectivity index (χ4n) is 1.39. The van der Waals surface area contributed by atoms with Crippen LogP contribution < -0.4 is 5.73 Å². The van der Waals surface area contributed by atoms with E-state index in [0.29, 0.717) is 0 Å². The maximum Gasteiger partial charge on any atom is 0.416 e. The summed E-state index contributed by atoms with van der Waals surface area (Å²) in [6, 6.07) is 2.59. The van der Waals surface area contributed by atoms with Gasteiger partial charge in [-0.15, -0.1) is 0 Å². The van der Waals surface area contributed by atoms with Gasteiger partial charge in [0.25, 0.3) is 0 Å². The minimum absolute atomic E-state index is 0.00673. The van der Waals surface area contributed by atoms with Crippen LogP contribution in [0.15, 0.2) is 18.2 Å². The van der Waals surface area contributed by atoms with Crippen LogP contribution in [-0.4, -0.2) is 11.7 Å². The Morgan fingerprint density at radius 2 is 2.00 bits per heavy atom. The normalized spacial score (nSPS) is 13.9. The summed E-state index contributed by atoms with van der Waals surface area (Å²) in [5.41, 5.74) is 4.65. The molecule has 6 heteroatoms. The number of nitrogens with two attached hydrogens (primary N) is 1. The van der Waals surface area contributed by atoms with Gasteiger partial charge in [-0.05, 0) is 24.1 Å². The van der Waals surface area contributed by atoms with Crippen LogP contribution in [0.5, 0.6) is 0 Å². The molecule has 0 saturated heterocycles. The molecular formula is C10H11ClF3NO. The van der Waals surface area contributed by atoms with Gasteiger partial charge in [-0.2, -0.15) is 13.2 Å². The third kappa shape index (κ3) is 3.10. The average molecular weight is 254 g/mol. The molecule has 0 bridgehead atoms. The lowest BCUT2D eigenvalue weighted by atomic mass is 9.98. The van der Waals surface area contributed by atoms with E-state index in [2.05, 4.69) is 0 Å². The summed E-state index contributed by atoms with van der Waals surface area (Å²) in [6.07, 6.45) is -4.42. The summed E-state index contributed by atoms with van der Waals surface area (Å²) >= 11 is 5.51. The van der Waals surface area contributed by atoms with Gasteiger partial charge in [0, 0.05) is 17.7 Å². The van der Waals surface area contributed by atoms with Crippen LogP contribution in [0.25, 0.3) is 0 Å². The molecule has 0 aliphatic heterocycles. The number of halogens is 4. The Morgan fingerprint density at radius 3 is 2.50 bits per heavy atom. The Balaban J connectivity index is 3.18. The lowest BCUT2D eigenvalue weighted by Gasteiger charge is -2.17. The zero-order valence-electron chi connectivity index (χ0n) is 8.26. The third-order valence-electron chi connectivity index (χ3n) is 2.16. The van der Waals surface area contributed by atoms with E-state index >= 15 is 0 Å². The Labute approximate surface area is 95.8 Å². The molecule has 0 spiro atoms. The van der Waals surface area contributed by atoms with Crippen LogP contribution >= 0.6 is 11.6 Å². The van der Waals surface area contributed by atoms with Gasteiger partial charge in [-0.1, -0.05) is 17.7 Å². The number of hydrogen-bond acceptors (Lipinski definition) is 2. The van der Waals surface area contributed by atoms with Gasteiger partial charge in [0.15, 0.2) is 0 Å². The van der Waals surface area contributed by atoms with E-state index in [1.165, 1.54) is 12.1 Å². The van der Waals surface area contributed by atoms with Crippen molar-refractivity contribution in [1.82, 2.24) is 0 Å². The molecule has 2 nitrogen and oxygen atoms in total. The fraction of sp³-hybridized carbons (Fsp3) is 0.400. The summed E-state index contributed by atoms with van der Waals surface area (Å²) in [5, 5.41) is 8.67. The molecule has 90 valence electrons. The number of benzene rings is 1. The minimum Gasteiger partial charge on any atom is -0.396 e. The SMILES string of the molecule is NC(CCO)c1ccc(Cl)cc1C(F)(F)F. The Bertz CT molecular complexity index is 368. The third-order valence-corrected chi connectivity index (χ3v) is 2.40. The first-order valence-electron chi connectivity index (χ1n) is 4.59. The summed E-state index contributed by atoms with van der Waals surface area (Å²) < 4.78 is 38.0. The van der Waals surface area contributed by atoms with E-state index in [-0.39, 0.29) is 23.6 Å². The van der Waals surface area contributed by atoms with Gasteiger partial charge in [0.2, 0.25) is 0 Å². The molecule has 0 amide bonds. The first-order valence-corrected chi connectivity index (χ1v) is 4.97. The van der Waals surface area contributed by atoms with Crippen molar-refractivity contribution in [2.24, 2.45) is 5.73 Å². The van der Waals surface area contributed by atoms with Crippen LogP contribution in [0.4, 0.5) is 13.2 Å². The molecule has 1 aromatic carbocycles. The zero-order chi connectivity index (χ0) is 12.3. The standard InChI is InChI=1S/C10H11ClF3NO/c11-6-1-2-7(9(15)3-4-16)8(5-6)10(12,13)14/h1-2,5,9,16H,3-4,15H2. The van der Waals surface area contributed by atoms with Gasteiger partial charge in [-0.3, -0.25) is 0 Å². The smallest absolute Gasteiger partial charge is 0.396 e. The van der Waals surface area contributed by atoms with Crippen LogP contribution in [-0.2, 0) is 6.18 Å². The second-order valence-electron chi connectivity index (χ2n) is 3.35. The molecule has 0 aliphatic carbocycles. The summed E-state index contributed by atoms with van der Waals surface area (Å²) in [7, 11) is 0. The molecule has 1 aromatic rings. The summed E-state index contributed by atoms with van der Waals surface area (Å²) in [6.45, 7) is -0.263. The van der Waals surface area contributed by atoms with Crippen molar-refractivity contribution in [2.75, 3.05) is 6.61 Å². The van der Waals surface area contributed by atoms with Crippen molar-refractivity contribution < 1.29 is 18.3 Å². The number of alkyl halides is 3. The van der Waals surface area contributed by atoms with Crippen LogP contribution in [0.1, 0.15) is 23.6 Å². The molecule has 0 aromatic heterocycles. The van der Waals surface area contributed by atoms with E-state index in [4.69, 9.17) is 22.4 Å². The van der Waals surface area contributed by atoms with E-state index < -0.39 is 17.8 Å². The molecule has 0 aliphatic rings. The van der Waals surface area contributed by atoms with Crippen molar-refractivity contribution in [2.45, 2.75) is 18.6 Å². The molecule has 16 heavy (non-hydrogen) atoms. The van der Waals surface area contributed by atoms with Crippen molar-refractivity contribution in [1.29, 1.82) is 0 Å². The van der Waals surface area contributed by atoms with Gasteiger partial charge >= 0.3 is 6.18 Å². The quantitative estimate of drug-likeness (QED) is 0.870. The lowest BCUT2D eigenvalue weighted by Crippen LogP contribution is -2.18. The zero-order valence-corrected chi connectivity index (χ0v) is 9.02. The van der Waals surface area contributed by atoms with E-state index in [9.17, 15) is 13.2 Å². The van der Waals surface area contributed by atoms with Crippen LogP contribution in [0.3, 0.4) is 0 Å².